The van der Waals surface area contributed by atoms with Crippen LogP contribution in [0.5, 0.6) is 0 Å². The van der Waals surface area contributed by atoms with E-state index in [4.69, 9.17) is 5.11 Å². The van der Waals surface area contributed by atoms with Crippen molar-refractivity contribution >= 4 is 11.9 Å². The number of carboxylic acid groups (broad SMARTS) is 1. The Hall–Kier alpha value is -1.85. The van der Waals surface area contributed by atoms with Crippen molar-refractivity contribution in [3.05, 3.63) is 18.0 Å². The lowest BCUT2D eigenvalue weighted by molar-refractivity contribution is -0.140. The molecule has 0 saturated heterocycles. The van der Waals surface area contributed by atoms with E-state index in [9.17, 15) is 9.59 Å². The smallest absolute Gasteiger partial charge is 0.307 e. The van der Waals surface area contributed by atoms with Crippen molar-refractivity contribution in [1.29, 1.82) is 0 Å². The first-order valence-electron chi connectivity index (χ1n) is 5.57. The van der Waals surface area contributed by atoms with Gasteiger partial charge in [-0.3, -0.25) is 14.3 Å². The Morgan fingerprint density at radius 1 is 1.59 bits per heavy atom. The molecule has 1 aliphatic rings. The van der Waals surface area contributed by atoms with Crippen molar-refractivity contribution in [2.45, 2.75) is 12.8 Å². The quantitative estimate of drug-likeness (QED) is 0.742. The molecule has 6 nitrogen and oxygen atoms in total. The summed E-state index contributed by atoms with van der Waals surface area (Å²) in [6.45, 7) is 0.499. The number of nitrogens with one attached hydrogen (secondary N) is 1. The second kappa shape index (κ2) is 4.57. The molecule has 1 fully saturated rings. The number of aliphatic carboxylic acids is 1. The first-order valence-corrected chi connectivity index (χ1v) is 5.57. The first kappa shape index (κ1) is 11.6. The molecule has 1 aromatic rings. The number of rotatable bonds is 5. The van der Waals surface area contributed by atoms with Gasteiger partial charge in [0.25, 0.3) is 0 Å². The summed E-state index contributed by atoms with van der Waals surface area (Å²) in [4.78, 5) is 22.1. The third kappa shape index (κ3) is 2.83. The van der Waals surface area contributed by atoms with Crippen LogP contribution in [0, 0.1) is 11.8 Å². The lowest BCUT2D eigenvalue weighted by Crippen LogP contribution is -2.28. The fourth-order valence-corrected chi connectivity index (χ4v) is 1.80. The molecular weight excluding hydrogens is 222 g/mol. The molecular formula is C11H15N3O3. The number of nitrogens with zero attached hydrogens (tertiary/aromatic N) is 2. The Morgan fingerprint density at radius 3 is 2.88 bits per heavy atom. The summed E-state index contributed by atoms with van der Waals surface area (Å²) in [5.41, 5.74) is 0.915. The van der Waals surface area contributed by atoms with E-state index in [1.54, 1.807) is 4.68 Å². The third-order valence-corrected chi connectivity index (χ3v) is 2.89. The van der Waals surface area contributed by atoms with Crippen LogP contribution in [0.3, 0.4) is 0 Å². The van der Waals surface area contributed by atoms with Crippen molar-refractivity contribution in [3.63, 3.8) is 0 Å². The van der Waals surface area contributed by atoms with Gasteiger partial charge in [0.15, 0.2) is 0 Å². The second-order valence-electron chi connectivity index (χ2n) is 4.31. The third-order valence-electron chi connectivity index (χ3n) is 2.89. The molecule has 1 aromatic heterocycles. The van der Waals surface area contributed by atoms with E-state index in [-0.39, 0.29) is 11.8 Å². The Morgan fingerprint density at radius 2 is 2.35 bits per heavy atom. The highest BCUT2D eigenvalue weighted by Gasteiger charge is 2.48. The summed E-state index contributed by atoms with van der Waals surface area (Å²) in [6, 6.07) is 1.89. The molecule has 0 spiro atoms. The largest absolute Gasteiger partial charge is 0.481 e. The highest BCUT2D eigenvalue weighted by Crippen LogP contribution is 2.38. The zero-order valence-corrected chi connectivity index (χ0v) is 9.59. The Labute approximate surface area is 98.6 Å². The summed E-state index contributed by atoms with van der Waals surface area (Å²) < 4.78 is 1.71. The van der Waals surface area contributed by atoms with Crippen LogP contribution in [0.25, 0.3) is 0 Å². The maximum Gasteiger partial charge on any atom is 0.307 e. The maximum atomic E-state index is 11.5. The van der Waals surface area contributed by atoms with E-state index in [1.807, 2.05) is 19.3 Å². The van der Waals surface area contributed by atoms with E-state index in [2.05, 4.69) is 10.4 Å². The second-order valence-corrected chi connectivity index (χ2v) is 4.31. The van der Waals surface area contributed by atoms with Gasteiger partial charge < -0.3 is 10.4 Å². The van der Waals surface area contributed by atoms with Gasteiger partial charge in [0, 0.05) is 26.2 Å². The van der Waals surface area contributed by atoms with Crippen LogP contribution in [0.15, 0.2) is 12.3 Å². The minimum absolute atomic E-state index is 0.159. The predicted molar refractivity (Wildman–Crippen MR) is 59.2 cm³/mol. The Kier molecular flexibility index (Phi) is 3.12. The van der Waals surface area contributed by atoms with Gasteiger partial charge in [-0.15, -0.1) is 0 Å². The molecule has 0 radical (unpaired) electrons. The molecule has 17 heavy (non-hydrogen) atoms. The van der Waals surface area contributed by atoms with Gasteiger partial charge in [0.1, 0.15) is 0 Å². The number of hydrogen-bond acceptors (Lipinski definition) is 3. The predicted octanol–water partition coefficient (Wildman–Crippen LogP) is -0.201. The minimum atomic E-state index is -0.880. The molecule has 1 heterocycles. The lowest BCUT2D eigenvalue weighted by Gasteiger charge is -2.02. The molecule has 92 valence electrons. The minimum Gasteiger partial charge on any atom is -0.481 e. The summed E-state index contributed by atoms with van der Waals surface area (Å²) in [7, 11) is 1.84. The number of carboxylic acids is 1. The highest BCUT2D eigenvalue weighted by molar-refractivity contribution is 5.89. The van der Waals surface area contributed by atoms with Crippen molar-refractivity contribution in [3.8, 4) is 0 Å². The molecule has 1 aliphatic carbocycles. The standard InChI is InChI=1S/C11H15N3O3/c1-14-5-3-7(13-14)2-4-12-10(15)8-6-9(8)11(16)17/h3,5,8-9H,2,4,6H2,1H3,(H,12,15)(H,16,17)/t8-,9+/m1/s1. The number of aryl methyl sites for hydroxylation is 1. The Bertz CT molecular complexity index is 441. The number of carbonyl (C=O) groups is 2. The van der Waals surface area contributed by atoms with Gasteiger partial charge in [0.05, 0.1) is 17.5 Å². The average molecular weight is 237 g/mol. The zero-order chi connectivity index (χ0) is 12.4. The zero-order valence-electron chi connectivity index (χ0n) is 9.59. The normalized spacial score (nSPS) is 22.2. The van der Waals surface area contributed by atoms with Crippen LogP contribution in [-0.4, -0.2) is 33.3 Å². The lowest BCUT2D eigenvalue weighted by atomic mass is 10.3. The molecule has 2 atom stereocenters. The molecule has 0 unspecified atom stereocenters. The van der Waals surface area contributed by atoms with Crippen molar-refractivity contribution in [2.24, 2.45) is 18.9 Å². The van der Waals surface area contributed by atoms with Gasteiger partial charge >= 0.3 is 5.97 Å². The summed E-state index contributed by atoms with van der Waals surface area (Å²) in [5, 5.41) is 15.6. The van der Waals surface area contributed by atoms with E-state index < -0.39 is 11.9 Å². The van der Waals surface area contributed by atoms with Gasteiger partial charge in [-0.1, -0.05) is 0 Å². The van der Waals surface area contributed by atoms with Crippen LogP contribution in [0.4, 0.5) is 0 Å². The van der Waals surface area contributed by atoms with Crippen LogP contribution in [-0.2, 0) is 23.1 Å². The molecule has 1 saturated carbocycles. The highest BCUT2D eigenvalue weighted by atomic mass is 16.4. The molecule has 2 rings (SSSR count). The number of amides is 1. The van der Waals surface area contributed by atoms with E-state index >= 15 is 0 Å². The van der Waals surface area contributed by atoms with Gasteiger partial charge in [-0.25, -0.2) is 0 Å². The summed E-state index contributed by atoms with van der Waals surface area (Å²) >= 11 is 0. The van der Waals surface area contributed by atoms with Crippen LogP contribution < -0.4 is 5.32 Å². The molecule has 1 amide bonds. The van der Waals surface area contributed by atoms with Crippen LogP contribution in [0.2, 0.25) is 0 Å². The van der Waals surface area contributed by atoms with Crippen molar-refractivity contribution < 1.29 is 14.7 Å². The van der Waals surface area contributed by atoms with Crippen molar-refractivity contribution in [1.82, 2.24) is 15.1 Å². The summed E-state index contributed by atoms with van der Waals surface area (Å²) in [6.07, 6.45) is 2.97. The summed E-state index contributed by atoms with van der Waals surface area (Å²) in [5.74, 6) is -1.86. The van der Waals surface area contributed by atoms with Gasteiger partial charge in [0.2, 0.25) is 5.91 Å². The van der Waals surface area contributed by atoms with E-state index in [1.165, 1.54) is 0 Å². The molecule has 0 bridgehead atoms. The van der Waals surface area contributed by atoms with E-state index in [0.29, 0.717) is 19.4 Å². The van der Waals surface area contributed by atoms with Crippen LogP contribution in [0.1, 0.15) is 12.1 Å². The molecule has 2 N–H and O–H groups in total. The fourth-order valence-electron chi connectivity index (χ4n) is 1.80. The fraction of sp³-hybridized carbons (Fsp3) is 0.545. The topological polar surface area (TPSA) is 84.2 Å². The maximum absolute atomic E-state index is 11.5. The monoisotopic (exact) mass is 237 g/mol. The van der Waals surface area contributed by atoms with Gasteiger partial charge in [-0.05, 0) is 12.5 Å². The molecule has 0 aromatic carbocycles. The van der Waals surface area contributed by atoms with Crippen LogP contribution >= 0.6 is 0 Å². The number of carbonyl (C=O) groups excluding carboxylic acids is 1. The molecule has 6 heteroatoms. The number of aromatic nitrogens is 2. The Balaban J connectivity index is 1.69. The average Bonchev–Trinajstić information content (AvgIpc) is 2.97. The molecule has 0 aliphatic heterocycles. The first-order chi connectivity index (χ1) is 8.08. The SMILES string of the molecule is Cn1ccc(CCNC(=O)[C@@H]2C[C@@H]2C(=O)O)n1. The number of hydrogen-bond donors (Lipinski definition) is 2. The van der Waals surface area contributed by atoms with E-state index in [0.717, 1.165) is 5.69 Å². The van der Waals surface area contributed by atoms with Gasteiger partial charge in [-0.2, -0.15) is 5.10 Å². The van der Waals surface area contributed by atoms with Crippen molar-refractivity contribution in [2.75, 3.05) is 6.54 Å².